The fourth-order valence-corrected chi connectivity index (χ4v) is 2.40. The van der Waals surface area contributed by atoms with E-state index in [1.165, 1.54) is 5.56 Å². The molecule has 0 aliphatic rings. The van der Waals surface area contributed by atoms with Crippen LogP contribution in [0.2, 0.25) is 0 Å². The van der Waals surface area contributed by atoms with E-state index < -0.39 is 0 Å². The Morgan fingerprint density at radius 2 is 1.87 bits per heavy atom. The lowest BCUT2D eigenvalue weighted by atomic mass is 10.1. The zero-order valence-corrected chi connectivity index (χ0v) is 13.3. The molecular weight excluding hydrogens is 288 g/mol. The van der Waals surface area contributed by atoms with E-state index in [1.807, 2.05) is 18.3 Å². The predicted octanol–water partition coefficient (Wildman–Crippen LogP) is 3.84. The Labute approximate surface area is 135 Å². The first-order chi connectivity index (χ1) is 11.2. The first kappa shape index (κ1) is 15.2. The van der Waals surface area contributed by atoms with Crippen LogP contribution in [0.15, 0.2) is 54.7 Å². The van der Waals surface area contributed by atoms with Gasteiger partial charge in [0.05, 0.1) is 12.2 Å². The lowest BCUT2D eigenvalue weighted by molar-refractivity contribution is 0.0526. The van der Waals surface area contributed by atoms with Crippen LogP contribution >= 0.6 is 0 Å². The number of aryl methyl sites for hydroxylation is 1. The molecule has 3 rings (SSSR count). The summed E-state index contributed by atoms with van der Waals surface area (Å²) in [5.41, 5.74) is 4.74. The number of hydrogen-bond acceptors (Lipinski definition) is 2. The molecule has 3 aromatic rings. The van der Waals surface area contributed by atoms with Gasteiger partial charge in [-0.3, -0.25) is 0 Å². The van der Waals surface area contributed by atoms with E-state index in [1.54, 1.807) is 23.7 Å². The van der Waals surface area contributed by atoms with Gasteiger partial charge in [0.2, 0.25) is 0 Å². The summed E-state index contributed by atoms with van der Waals surface area (Å²) in [5, 5.41) is 4.51. The van der Waals surface area contributed by atoms with Gasteiger partial charge in [-0.15, -0.1) is 5.69 Å². The maximum atomic E-state index is 11.8. The normalized spacial score (nSPS) is 10.7. The molecule has 0 unspecified atom stereocenters. The molecule has 1 heterocycles. The average Bonchev–Trinajstić information content (AvgIpc) is 2.55. The van der Waals surface area contributed by atoms with E-state index in [0.29, 0.717) is 12.2 Å². The second-order valence-electron chi connectivity index (χ2n) is 5.28. The molecule has 0 spiro atoms. The van der Waals surface area contributed by atoms with E-state index in [2.05, 4.69) is 36.3 Å². The monoisotopic (exact) mass is 307 g/mol. The molecule has 0 aliphatic carbocycles. The quantitative estimate of drug-likeness (QED) is 0.673. The van der Waals surface area contributed by atoms with E-state index in [0.717, 1.165) is 23.4 Å². The number of carbonyl (C=O) groups excluding carboxylic acids is 1. The third kappa shape index (κ3) is 3.21. The number of nitrogens with zero attached hydrogens (tertiary/aromatic N) is 2. The minimum Gasteiger partial charge on any atom is -0.589 e. The largest absolute Gasteiger partial charge is 0.589 e. The molecule has 4 nitrogen and oxygen atoms in total. The van der Waals surface area contributed by atoms with Crippen molar-refractivity contribution >= 4 is 5.97 Å². The molecule has 0 saturated carbocycles. The number of rotatable bonds is 5. The summed E-state index contributed by atoms with van der Waals surface area (Å²) in [7, 11) is 0. The number of ether oxygens (including phenoxy) is 1. The standard InChI is InChI=1S/C19H19N2O2/c1-3-14-8-10-15(11-9-14)18-13-21(20-18)17-7-5-6-16(12-17)19(22)23-4-2/h5-13H,3-4H2,1-2H3/q-1. The van der Waals surface area contributed by atoms with Gasteiger partial charge >= 0.3 is 5.97 Å². The fraction of sp³-hybridized carbons (Fsp3) is 0.211. The van der Waals surface area contributed by atoms with E-state index in [9.17, 15) is 4.79 Å². The highest BCUT2D eigenvalue weighted by atomic mass is 16.5. The Balaban J connectivity index is 1.79. The van der Waals surface area contributed by atoms with E-state index >= 15 is 0 Å². The SMILES string of the molecule is CCOC(=O)c1cccc(-n2cc(-c3ccc(CC)cc3)[n-]2)c1. The van der Waals surface area contributed by atoms with Gasteiger partial charge in [-0.2, -0.15) is 0 Å². The van der Waals surface area contributed by atoms with Crippen molar-refractivity contribution in [2.75, 3.05) is 6.61 Å². The Bertz CT molecular complexity index is 785. The maximum absolute atomic E-state index is 11.8. The molecule has 0 aliphatic heterocycles. The highest BCUT2D eigenvalue weighted by Crippen LogP contribution is 2.21. The van der Waals surface area contributed by atoms with Gasteiger partial charge < -0.3 is 14.5 Å². The van der Waals surface area contributed by atoms with Crippen molar-refractivity contribution < 1.29 is 9.53 Å². The fourth-order valence-electron chi connectivity index (χ4n) is 2.40. The third-order valence-electron chi connectivity index (χ3n) is 3.74. The highest BCUT2D eigenvalue weighted by molar-refractivity contribution is 5.90. The molecule has 0 fully saturated rings. The molecule has 2 aromatic carbocycles. The molecule has 0 amide bonds. The molecule has 0 bridgehead atoms. The summed E-state index contributed by atoms with van der Waals surface area (Å²) in [6.07, 6.45) is 2.99. The van der Waals surface area contributed by atoms with Crippen molar-refractivity contribution in [1.82, 2.24) is 9.78 Å². The van der Waals surface area contributed by atoms with Crippen LogP contribution in [0, 0.1) is 0 Å². The molecule has 0 saturated heterocycles. The van der Waals surface area contributed by atoms with Crippen LogP contribution in [0.5, 0.6) is 0 Å². The topological polar surface area (TPSA) is 45.3 Å². The van der Waals surface area contributed by atoms with Crippen LogP contribution < -0.4 is 5.10 Å². The Morgan fingerprint density at radius 1 is 1.13 bits per heavy atom. The molecule has 118 valence electrons. The van der Waals surface area contributed by atoms with Crippen molar-refractivity contribution in [3.63, 3.8) is 0 Å². The number of carbonyl (C=O) groups is 1. The summed E-state index contributed by atoms with van der Waals surface area (Å²) in [5.74, 6) is -0.311. The van der Waals surface area contributed by atoms with Crippen LogP contribution in [0.4, 0.5) is 0 Å². The average molecular weight is 307 g/mol. The lowest BCUT2D eigenvalue weighted by Crippen LogP contribution is -2.12. The maximum Gasteiger partial charge on any atom is 0.338 e. The van der Waals surface area contributed by atoms with Crippen LogP contribution in [-0.4, -0.2) is 17.3 Å². The second kappa shape index (κ2) is 6.57. The Morgan fingerprint density at radius 3 is 2.52 bits per heavy atom. The van der Waals surface area contributed by atoms with Gasteiger partial charge in [-0.05, 0) is 48.9 Å². The summed E-state index contributed by atoms with van der Waals surface area (Å²) in [6.45, 7) is 4.31. The molecule has 0 atom stereocenters. The van der Waals surface area contributed by atoms with E-state index in [-0.39, 0.29) is 5.97 Å². The van der Waals surface area contributed by atoms with Gasteiger partial charge in [0.25, 0.3) is 0 Å². The molecule has 4 heteroatoms. The van der Waals surface area contributed by atoms with Crippen molar-refractivity contribution in [2.24, 2.45) is 0 Å². The highest BCUT2D eigenvalue weighted by Gasteiger charge is 2.06. The molecule has 23 heavy (non-hydrogen) atoms. The summed E-state index contributed by atoms with van der Waals surface area (Å²) < 4.78 is 6.79. The van der Waals surface area contributed by atoms with Crippen molar-refractivity contribution in [1.29, 1.82) is 0 Å². The van der Waals surface area contributed by atoms with Gasteiger partial charge in [0, 0.05) is 5.69 Å². The van der Waals surface area contributed by atoms with Crippen LogP contribution in [-0.2, 0) is 11.2 Å². The van der Waals surface area contributed by atoms with Crippen molar-refractivity contribution in [3.8, 4) is 16.9 Å². The molecule has 1 aromatic heterocycles. The number of hydrogen-bond donors (Lipinski definition) is 0. The van der Waals surface area contributed by atoms with Gasteiger partial charge in [-0.25, -0.2) is 4.79 Å². The zero-order chi connectivity index (χ0) is 16.2. The van der Waals surface area contributed by atoms with Crippen molar-refractivity contribution in [3.05, 3.63) is 65.9 Å². The van der Waals surface area contributed by atoms with Gasteiger partial charge in [-0.1, -0.05) is 37.3 Å². The minimum atomic E-state index is -0.311. The zero-order valence-electron chi connectivity index (χ0n) is 13.3. The molecule has 0 radical (unpaired) electrons. The number of esters is 1. The Kier molecular flexibility index (Phi) is 4.33. The van der Waals surface area contributed by atoms with Crippen LogP contribution in [0.25, 0.3) is 16.9 Å². The van der Waals surface area contributed by atoms with Crippen molar-refractivity contribution in [2.45, 2.75) is 20.3 Å². The molecule has 0 N–H and O–H groups in total. The van der Waals surface area contributed by atoms with Gasteiger partial charge in [0.15, 0.2) is 0 Å². The summed E-state index contributed by atoms with van der Waals surface area (Å²) >= 11 is 0. The third-order valence-corrected chi connectivity index (χ3v) is 3.74. The summed E-state index contributed by atoms with van der Waals surface area (Å²) in [4.78, 5) is 11.8. The van der Waals surface area contributed by atoms with E-state index in [4.69, 9.17) is 4.74 Å². The van der Waals surface area contributed by atoms with Crippen LogP contribution in [0.3, 0.4) is 0 Å². The smallest absolute Gasteiger partial charge is 0.338 e. The number of aromatic nitrogens is 2. The first-order valence-electron chi connectivity index (χ1n) is 7.80. The summed E-state index contributed by atoms with van der Waals surface area (Å²) in [6, 6.07) is 15.7. The van der Waals surface area contributed by atoms with Gasteiger partial charge in [0.1, 0.15) is 0 Å². The molecular formula is C19H19N2O2-. The Hall–Kier alpha value is -2.75. The first-order valence-corrected chi connectivity index (χ1v) is 7.80. The second-order valence-corrected chi connectivity index (χ2v) is 5.28. The lowest BCUT2D eigenvalue weighted by Gasteiger charge is -2.29. The minimum absolute atomic E-state index is 0.311. The predicted molar refractivity (Wildman–Crippen MR) is 89.9 cm³/mol. The number of benzene rings is 2. The van der Waals surface area contributed by atoms with Crippen LogP contribution in [0.1, 0.15) is 29.8 Å².